The van der Waals surface area contributed by atoms with Crippen molar-refractivity contribution in [2.24, 2.45) is 0 Å². The second-order valence-corrected chi connectivity index (χ2v) is 5.33. The maximum atomic E-state index is 9.76. The fourth-order valence-corrected chi connectivity index (χ4v) is 1.93. The van der Waals surface area contributed by atoms with Gasteiger partial charge in [-0.25, -0.2) is 0 Å². The SMILES string of the molecule is COCC(C)OCC(O)COc1ccc(Br)c(CO)c1. The molecule has 6 heteroatoms. The van der Waals surface area contributed by atoms with Gasteiger partial charge in [0, 0.05) is 11.6 Å². The van der Waals surface area contributed by atoms with Crippen LogP contribution in [0.5, 0.6) is 5.75 Å². The van der Waals surface area contributed by atoms with E-state index in [4.69, 9.17) is 19.3 Å². The van der Waals surface area contributed by atoms with E-state index in [0.717, 1.165) is 10.0 Å². The number of halogens is 1. The van der Waals surface area contributed by atoms with Gasteiger partial charge in [0.05, 0.1) is 25.9 Å². The van der Waals surface area contributed by atoms with Gasteiger partial charge in [-0.15, -0.1) is 0 Å². The van der Waals surface area contributed by atoms with Crippen LogP contribution in [0, 0.1) is 0 Å². The summed E-state index contributed by atoms with van der Waals surface area (Å²) in [5.41, 5.74) is 0.738. The molecular weight excluding hydrogens is 328 g/mol. The molecule has 0 heterocycles. The Hall–Kier alpha value is -0.660. The molecule has 0 fully saturated rings. The van der Waals surface area contributed by atoms with E-state index in [2.05, 4.69) is 15.9 Å². The summed E-state index contributed by atoms with van der Waals surface area (Å²) in [7, 11) is 1.60. The highest BCUT2D eigenvalue weighted by molar-refractivity contribution is 9.10. The first-order chi connectivity index (χ1) is 9.56. The summed E-state index contributed by atoms with van der Waals surface area (Å²) in [4.78, 5) is 0. The Balaban J connectivity index is 2.35. The molecule has 0 aromatic heterocycles. The average Bonchev–Trinajstić information content (AvgIpc) is 2.44. The Morgan fingerprint density at radius 1 is 1.25 bits per heavy atom. The maximum Gasteiger partial charge on any atom is 0.119 e. The van der Waals surface area contributed by atoms with Crippen LogP contribution in [-0.2, 0) is 16.1 Å². The lowest BCUT2D eigenvalue weighted by molar-refractivity contribution is -0.0423. The fourth-order valence-electron chi connectivity index (χ4n) is 1.56. The highest BCUT2D eigenvalue weighted by Gasteiger charge is 2.09. The highest BCUT2D eigenvalue weighted by atomic mass is 79.9. The molecule has 0 amide bonds. The topological polar surface area (TPSA) is 68.2 Å². The van der Waals surface area contributed by atoms with Crippen molar-refractivity contribution in [3.05, 3.63) is 28.2 Å². The normalized spacial score (nSPS) is 14.1. The molecule has 1 aromatic rings. The van der Waals surface area contributed by atoms with Crippen LogP contribution in [0.1, 0.15) is 12.5 Å². The molecule has 2 atom stereocenters. The lowest BCUT2D eigenvalue weighted by Crippen LogP contribution is -2.27. The van der Waals surface area contributed by atoms with Crippen molar-refractivity contribution in [3.63, 3.8) is 0 Å². The van der Waals surface area contributed by atoms with Crippen LogP contribution < -0.4 is 4.74 Å². The van der Waals surface area contributed by atoms with Gasteiger partial charge in [0.25, 0.3) is 0 Å². The maximum absolute atomic E-state index is 9.76. The van der Waals surface area contributed by atoms with Crippen molar-refractivity contribution >= 4 is 15.9 Å². The standard InChI is InChI=1S/C14H21BrO5/c1-10(7-18-2)19-8-12(17)9-20-13-3-4-14(15)11(5-13)6-16/h3-5,10,12,16-17H,6-9H2,1-2H3. The van der Waals surface area contributed by atoms with Crippen molar-refractivity contribution in [3.8, 4) is 5.75 Å². The summed E-state index contributed by atoms with van der Waals surface area (Å²) < 4.78 is 16.6. The van der Waals surface area contributed by atoms with E-state index >= 15 is 0 Å². The molecule has 0 saturated heterocycles. The Morgan fingerprint density at radius 3 is 2.65 bits per heavy atom. The third-order valence-electron chi connectivity index (χ3n) is 2.60. The van der Waals surface area contributed by atoms with Gasteiger partial charge in [0.2, 0.25) is 0 Å². The Bertz CT molecular complexity index is 399. The van der Waals surface area contributed by atoms with E-state index < -0.39 is 6.10 Å². The first-order valence-corrected chi connectivity index (χ1v) is 7.16. The minimum atomic E-state index is -0.712. The van der Waals surface area contributed by atoms with E-state index in [1.807, 2.05) is 6.92 Å². The van der Waals surface area contributed by atoms with Gasteiger partial charge in [0.1, 0.15) is 18.5 Å². The molecule has 5 nitrogen and oxygen atoms in total. The van der Waals surface area contributed by atoms with E-state index in [1.165, 1.54) is 0 Å². The van der Waals surface area contributed by atoms with Crippen molar-refractivity contribution in [1.29, 1.82) is 0 Å². The Labute approximate surface area is 127 Å². The molecule has 1 aromatic carbocycles. The fraction of sp³-hybridized carbons (Fsp3) is 0.571. The lowest BCUT2D eigenvalue weighted by atomic mass is 10.2. The van der Waals surface area contributed by atoms with Gasteiger partial charge in [-0.2, -0.15) is 0 Å². The smallest absolute Gasteiger partial charge is 0.119 e. The molecule has 0 aliphatic rings. The summed E-state index contributed by atoms with van der Waals surface area (Å²) in [6.45, 7) is 2.61. The molecular formula is C14H21BrO5. The number of hydrogen-bond donors (Lipinski definition) is 2. The second-order valence-electron chi connectivity index (χ2n) is 4.48. The number of rotatable bonds is 9. The molecule has 0 saturated carbocycles. The van der Waals surface area contributed by atoms with Crippen molar-refractivity contribution < 1.29 is 24.4 Å². The van der Waals surface area contributed by atoms with Crippen LogP contribution >= 0.6 is 15.9 Å². The summed E-state index contributed by atoms with van der Waals surface area (Å²) in [5.74, 6) is 0.598. The van der Waals surface area contributed by atoms with Gasteiger partial charge in [-0.05, 0) is 30.7 Å². The van der Waals surface area contributed by atoms with Gasteiger partial charge in [-0.3, -0.25) is 0 Å². The zero-order valence-electron chi connectivity index (χ0n) is 11.7. The molecule has 0 aliphatic carbocycles. The summed E-state index contributed by atoms with van der Waals surface area (Å²) >= 11 is 3.33. The predicted molar refractivity (Wildman–Crippen MR) is 78.9 cm³/mol. The minimum absolute atomic E-state index is 0.0664. The van der Waals surface area contributed by atoms with E-state index in [0.29, 0.717) is 12.4 Å². The molecule has 0 aliphatic heterocycles. The molecule has 114 valence electrons. The van der Waals surface area contributed by atoms with Crippen molar-refractivity contribution in [1.82, 2.24) is 0 Å². The largest absolute Gasteiger partial charge is 0.491 e. The van der Waals surface area contributed by atoms with E-state index in [1.54, 1.807) is 25.3 Å². The Morgan fingerprint density at radius 2 is 2.00 bits per heavy atom. The predicted octanol–water partition coefficient (Wildman–Crippen LogP) is 1.73. The minimum Gasteiger partial charge on any atom is -0.491 e. The van der Waals surface area contributed by atoms with Gasteiger partial charge in [-0.1, -0.05) is 15.9 Å². The van der Waals surface area contributed by atoms with Crippen LogP contribution in [0.3, 0.4) is 0 Å². The molecule has 0 bridgehead atoms. The Kier molecular flexibility index (Phi) is 8.09. The van der Waals surface area contributed by atoms with E-state index in [9.17, 15) is 5.11 Å². The van der Waals surface area contributed by atoms with Crippen LogP contribution in [-0.4, -0.2) is 49.4 Å². The van der Waals surface area contributed by atoms with Gasteiger partial charge in [0.15, 0.2) is 0 Å². The van der Waals surface area contributed by atoms with Gasteiger partial charge >= 0.3 is 0 Å². The molecule has 20 heavy (non-hydrogen) atoms. The van der Waals surface area contributed by atoms with Crippen LogP contribution in [0.25, 0.3) is 0 Å². The first-order valence-electron chi connectivity index (χ1n) is 6.37. The summed E-state index contributed by atoms with van der Waals surface area (Å²) in [6, 6.07) is 5.29. The molecule has 0 radical (unpaired) electrons. The highest BCUT2D eigenvalue weighted by Crippen LogP contribution is 2.22. The number of aliphatic hydroxyl groups is 2. The number of benzene rings is 1. The van der Waals surface area contributed by atoms with Crippen LogP contribution in [0.4, 0.5) is 0 Å². The molecule has 0 spiro atoms. The van der Waals surface area contributed by atoms with Crippen molar-refractivity contribution in [2.45, 2.75) is 25.7 Å². The number of hydrogen-bond acceptors (Lipinski definition) is 5. The quantitative estimate of drug-likeness (QED) is 0.711. The zero-order chi connectivity index (χ0) is 15.0. The number of ether oxygens (including phenoxy) is 3. The van der Waals surface area contributed by atoms with Gasteiger partial charge < -0.3 is 24.4 Å². The van der Waals surface area contributed by atoms with Crippen LogP contribution in [0.2, 0.25) is 0 Å². The second kappa shape index (κ2) is 9.31. The third kappa shape index (κ3) is 6.19. The number of aliphatic hydroxyl groups excluding tert-OH is 2. The molecule has 1 rings (SSSR count). The number of methoxy groups -OCH3 is 1. The van der Waals surface area contributed by atoms with Crippen molar-refractivity contribution in [2.75, 3.05) is 26.9 Å². The molecule has 2 N–H and O–H groups in total. The monoisotopic (exact) mass is 348 g/mol. The third-order valence-corrected chi connectivity index (χ3v) is 3.38. The van der Waals surface area contributed by atoms with Crippen LogP contribution in [0.15, 0.2) is 22.7 Å². The first kappa shape index (κ1) is 17.4. The summed E-state index contributed by atoms with van der Waals surface area (Å²) in [6.07, 6.45) is -0.779. The zero-order valence-corrected chi connectivity index (χ0v) is 13.3. The average molecular weight is 349 g/mol. The molecule has 2 unspecified atom stereocenters. The summed E-state index contributed by atoms with van der Waals surface area (Å²) in [5, 5.41) is 18.9. The lowest BCUT2D eigenvalue weighted by Gasteiger charge is -2.16. The van der Waals surface area contributed by atoms with E-state index in [-0.39, 0.29) is 25.9 Å².